The van der Waals surface area contributed by atoms with Gasteiger partial charge in [-0.05, 0) is 43.2 Å². The van der Waals surface area contributed by atoms with E-state index >= 15 is 0 Å². The number of ether oxygens (including phenoxy) is 3. The van der Waals surface area contributed by atoms with Gasteiger partial charge in [0.25, 0.3) is 0 Å². The minimum atomic E-state index is -1.63. The van der Waals surface area contributed by atoms with E-state index in [1.54, 1.807) is 0 Å². The summed E-state index contributed by atoms with van der Waals surface area (Å²) in [6.45, 7) is 4.02. The Hall–Kier alpha value is -1.67. The third-order valence-electron chi connectivity index (χ3n) is 4.45. The van der Waals surface area contributed by atoms with Gasteiger partial charge in [-0.3, -0.25) is 0 Å². The van der Waals surface area contributed by atoms with Crippen molar-refractivity contribution in [3.63, 3.8) is 0 Å². The number of hydrogen-bond donors (Lipinski definition) is 0. The molecule has 0 spiro atoms. The maximum Gasteiger partial charge on any atom is 0.194 e. The molecule has 8 heteroatoms. The Morgan fingerprint density at radius 1 is 1.00 bits per heavy atom. The number of hydrogen-bond acceptors (Lipinski definition) is 3. The number of halogens is 5. The molecule has 0 bridgehead atoms. The molecular formula is C20H19ClF4O3. The Morgan fingerprint density at radius 2 is 1.64 bits per heavy atom. The van der Waals surface area contributed by atoms with Gasteiger partial charge < -0.3 is 14.2 Å². The van der Waals surface area contributed by atoms with Crippen LogP contribution in [0.1, 0.15) is 25.2 Å². The molecule has 0 N–H and O–H groups in total. The summed E-state index contributed by atoms with van der Waals surface area (Å²) in [4.78, 5) is 0. The zero-order valence-corrected chi connectivity index (χ0v) is 15.9. The van der Waals surface area contributed by atoms with E-state index in [0.717, 1.165) is 12.5 Å². The third kappa shape index (κ3) is 4.66. The molecule has 0 amide bonds. The molecule has 28 heavy (non-hydrogen) atoms. The van der Waals surface area contributed by atoms with Crippen molar-refractivity contribution < 1.29 is 31.8 Å². The predicted octanol–water partition coefficient (Wildman–Crippen LogP) is 5.65. The van der Waals surface area contributed by atoms with Crippen LogP contribution in [0, 0.1) is 29.2 Å². The molecule has 1 fully saturated rings. The van der Waals surface area contributed by atoms with Crippen molar-refractivity contribution >= 4 is 11.6 Å². The molecule has 0 saturated carbocycles. The highest BCUT2D eigenvalue weighted by molar-refractivity contribution is 6.33. The van der Waals surface area contributed by atoms with Crippen molar-refractivity contribution in [2.45, 2.75) is 19.6 Å². The predicted molar refractivity (Wildman–Crippen MR) is 96.0 cm³/mol. The average molecular weight is 419 g/mol. The van der Waals surface area contributed by atoms with Crippen LogP contribution < -0.4 is 0 Å². The van der Waals surface area contributed by atoms with E-state index < -0.39 is 29.6 Å². The van der Waals surface area contributed by atoms with Crippen LogP contribution in [-0.2, 0) is 14.2 Å². The average Bonchev–Trinajstić information content (AvgIpc) is 2.66. The lowest BCUT2D eigenvalue weighted by atomic mass is 10.0. The smallest absolute Gasteiger partial charge is 0.194 e. The maximum atomic E-state index is 14.6. The first kappa shape index (κ1) is 21.0. The van der Waals surface area contributed by atoms with Crippen LogP contribution in [0.4, 0.5) is 17.6 Å². The summed E-state index contributed by atoms with van der Waals surface area (Å²) < 4.78 is 71.3. The van der Waals surface area contributed by atoms with Crippen molar-refractivity contribution in [3.05, 3.63) is 58.1 Å². The van der Waals surface area contributed by atoms with Crippen LogP contribution in [0.3, 0.4) is 0 Å². The summed E-state index contributed by atoms with van der Waals surface area (Å²) in [5.41, 5.74) is -0.0851. The Labute approximate surface area is 165 Å². The molecular weight excluding hydrogens is 400 g/mol. The summed E-state index contributed by atoms with van der Waals surface area (Å²) in [6, 6.07) is 3.92. The van der Waals surface area contributed by atoms with Crippen LogP contribution in [0.15, 0.2) is 24.3 Å². The standard InChI is InChI=1S/C20H19ClF4O3/c1-2-26-4-3-11-9-27-20(28-10-11)13-5-14(21)18(15(22)8-13)12-6-16(23)19(25)17(24)7-12/h5-8,11,20H,2-4,9-10H2,1H3. The summed E-state index contributed by atoms with van der Waals surface area (Å²) in [6.07, 6.45) is -0.0119. The molecule has 1 aliphatic rings. The molecule has 0 atom stereocenters. The van der Waals surface area contributed by atoms with E-state index in [1.807, 2.05) is 6.92 Å². The second kappa shape index (κ2) is 9.22. The minimum Gasteiger partial charge on any atom is -0.382 e. The van der Waals surface area contributed by atoms with Gasteiger partial charge in [0.1, 0.15) is 5.82 Å². The molecule has 2 aromatic rings. The molecule has 0 unspecified atom stereocenters. The monoisotopic (exact) mass is 418 g/mol. The van der Waals surface area contributed by atoms with Gasteiger partial charge in [0.05, 0.1) is 18.2 Å². The zero-order valence-electron chi connectivity index (χ0n) is 15.1. The van der Waals surface area contributed by atoms with Gasteiger partial charge >= 0.3 is 0 Å². The van der Waals surface area contributed by atoms with Gasteiger partial charge in [0.2, 0.25) is 0 Å². The first-order valence-corrected chi connectivity index (χ1v) is 9.23. The Bertz CT molecular complexity index is 792. The molecule has 3 rings (SSSR count). The van der Waals surface area contributed by atoms with Crippen LogP contribution >= 0.6 is 11.6 Å². The van der Waals surface area contributed by atoms with Crippen molar-refractivity contribution in [3.8, 4) is 11.1 Å². The lowest BCUT2D eigenvalue weighted by molar-refractivity contribution is -0.207. The van der Waals surface area contributed by atoms with Gasteiger partial charge in [-0.15, -0.1) is 0 Å². The van der Waals surface area contributed by atoms with E-state index in [-0.39, 0.29) is 22.1 Å². The molecule has 1 aliphatic heterocycles. The van der Waals surface area contributed by atoms with Crippen LogP contribution in [0.25, 0.3) is 11.1 Å². The molecule has 1 heterocycles. The van der Waals surface area contributed by atoms with E-state index in [1.165, 1.54) is 6.07 Å². The highest BCUT2D eigenvalue weighted by Gasteiger charge is 2.26. The SMILES string of the molecule is CCOCCC1COC(c2cc(F)c(-c3cc(F)c(F)c(F)c3)c(Cl)c2)OC1. The minimum absolute atomic E-state index is 0.0916. The zero-order chi connectivity index (χ0) is 20.3. The van der Waals surface area contributed by atoms with Crippen molar-refractivity contribution in [2.24, 2.45) is 5.92 Å². The third-order valence-corrected chi connectivity index (χ3v) is 4.75. The van der Waals surface area contributed by atoms with Gasteiger partial charge in [0.15, 0.2) is 23.7 Å². The van der Waals surface area contributed by atoms with Crippen LogP contribution in [-0.4, -0.2) is 26.4 Å². The summed E-state index contributed by atoms with van der Waals surface area (Å²) in [5.74, 6) is -5.12. The molecule has 3 nitrogen and oxygen atoms in total. The first-order valence-electron chi connectivity index (χ1n) is 8.85. The topological polar surface area (TPSA) is 27.7 Å². The second-order valence-electron chi connectivity index (χ2n) is 6.46. The van der Waals surface area contributed by atoms with Gasteiger partial charge in [-0.2, -0.15) is 0 Å². The Balaban J connectivity index is 1.76. The fraction of sp³-hybridized carbons (Fsp3) is 0.400. The largest absolute Gasteiger partial charge is 0.382 e. The molecule has 0 radical (unpaired) electrons. The molecule has 0 aromatic heterocycles. The van der Waals surface area contributed by atoms with E-state index in [4.69, 9.17) is 25.8 Å². The van der Waals surface area contributed by atoms with Crippen LogP contribution in [0.2, 0.25) is 5.02 Å². The Kier molecular flexibility index (Phi) is 6.93. The second-order valence-corrected chi connectivity index (χ2v) is 6.87. The van der Waals surface area contributed by atoms with E-state index in [0.29, 0.717) is 44.1 Å². The number of rotatable bonds is 6. The fourth-order valence-electron chi connectivity index (χ4n) is 3.00. The van der Waals surface area contributed by atoms with E-state index in [9.17, 15) is 17.6 Å². The summed E-state index contributed by atoms with van der Waals surface area (Å²) in [7, 11) is 0. The fourth-order valence-corrected chi connectivity index (χ4v) is 3.33. The van der Waals surface area contributed by atoms with Gasteiger partial charge in [0, 0.05) is 30.3 Å². The maximum absolute atomic E-state index is 14.6. The summed E-state index contributed by atoms with van der Waals surface area (Å²) in [5, 5.41) is -0.0916. The van der Waals surface area contributed by atoms with Crippen molar-refractivity contribution in [1.29, 1.82) is 0 Å². The molecule has 2 aromatic carbocycles. The van der Waals surface area contributed by atoms with Gasteiger partial charge in [-0.1, -0.05) is 11.6 Å². The Morgan fingerprint density at radius 3 is 2.21 bits per heavy atom. The highest BCUT2D eigenvalue weighted by atomic mass is 35.5. The lowest BCUT2D eigenvalue weighted by Gasteiger charge is -2.30. The van der Waals surface area contributed by atoms with Crippen molar-refractivity contribution in [1.82, 2.24) is 0 Å². The summed E-state index contributed by atoms with van der Waals surface area (Å²) >= 11 is 6.14. The normalized spacial score (nSPS) is 19.8. The van der Waals surface area contributed by atoms with E-state index in [2.05, 4.69) is 0 Å². The van der Waals surface area contributed by atoms with Crippen LogP contribution in [0.5, 0.6) is 0 Å². The molecule has 1 saturated heterocycles. The van der Waals surface area contributed by atoms with Gasteiger partial charge in [-0.25, -0.2) is 17.6 Å². The number of benzene rings is 2. The molecule has 0 aliphatic carbocycles. The highest BCUT2D eigenvalue weighted by Crippen LogP contribution is 2.36. The first-order chi connectivity index (χ1) is 13.4. The van der Waals surface area contributed by atoms with Crippen molar-refractivity contribution in [2.75, 3.05) is 26.4 Å². The quantitative estimate of drug-likeness (QED) is 0.344. The lowest BCUT2D eigenvalue weighted by Crippen LogP contribution is -2.28. The molecule has 152 valence electrons.